The molecule has 1 fully saturated rings. The number of fused-ring (bicyclic) bond motifs is 1. The van der Waals surface area contributed by atoms with Gasteiger partial charge in [-0.1, -0.05) is 12.1 Å². The molecule has 0 saturated carbocycles. The molecule has 2 aromatic heterocycles. The van der Waals surface area contributed by atoms with Crippen molar-refractivity contribution < 1.29 is 4.79 Å². The van der Waals surface area contributed by atoms with E-state index >= 15 is 0 Å². The molecule has 0 aliphatic carbocycles. The molecule has 1 aliphatic heterocycles. The minimum absolute atomic E-state index is 0.0986. The Hall–Kier alpha value is -2.23. The van der Waals surface area contributed by atoms with Gasteiger partial charge >= 0.3 is 0 Å². The van der Waals surface area contributed by atoms with Crippen molar-refractivity contribution in [3.63, 3.8) is 0 Å². The van der Waals surface area contributed by atoms with E-state index in [9.17, 15) is 4.79 Å². The maximum absolute atomic E-state index is 12.8. The van der Waals surface area contributed by atoms with Crippen molar-refractivity contribution in [3.8, 4) is 0 Å². The Bertz CT molecular complexity index is 932. The minimum Gasteiger partial charge on any atom is -0.353 e. The van der Waals surface area contributed by atoms with Crippen LogP contribution in [-0.4, -0.2) is 56.6 Å². The van der Waals surface area contributed by atoms with E-state index in [0.29, 0.717) is 18.9 Å². The van der Waals surface area contributed by atoms with E-state index < -0.39 is 0 Å². The van der Waals surface area contributed by atoms with Crippen LogP contribution in [0.1, 0.15) is 16.1 Å². The van der Waals surface area contributed by atoms with Crippen LogP contribution in [0, 0.1) is 10.5 Å². The molecule has 1 saturated heterocycles. The lowest BCUT2D eigenvalue weighted by molar-refractivity contribution is 0.0745. The molecule has 0 atom stereocenters. The quantitative estimate of drug-likeness (QED) is 0.562. The number of hydrogen-bond donors (Lipinski definition) is 0. The van der Waals surface area contributed by atoms with Gasteiger partial charge in [-0.2, -0.15) is 14.6 Å². The second kappa shape index (κ2) is 6.58. The zero-order valence-corrected chi connectivity index (χ0v) is 15.9. The summed E-state index contributed by atoms with van der Waals surface area (Å²) in [5, 5.41) is 4.27. The Morgan fingerprint density at radius 2 is 1.92 bits per heavy atom. The summed E-state index contributed by atoms with van der Waals surface area (Å²) in [4.78, 5) is 25.5. The van der Waals surface area contributed by atoms with Crippen LogP contribution in [0.3, 0.4) is 0 Å². The average Bonchev–Trinajstić information content (AvgIpc) is 3.09. The first-order valence-electron chi connectivity index (χ1n) is 8.09. The van der Waals surface area contributed by atoms with E-state index in [1.54, 1.807) is 4.52 Å². The van der Waals surface area contributed by atoms with Gasteiger partial charge in [0.2, 0.25) is 0 Å². The summed E-state index contributed by atoms with van der Waals surface area (Å²) in [6.45, 7) is 4.83. The van der Waals surface area contributed by atoms with Gasteiger partial charge in [0, 0.05) is 41.5 Å². The summed E-state index contributed by atoms with van der Waals surface area (Å²) < 4.78 is 2.74. The number of aromatic nitrogens is 4. The smallest absolute Gasteiger partial charge is 0.255 e. The van der Waals surface area contributed by atoms with Crippen LogP contribution >= 0.6 is 22.6 Å². The van der Waals surface area contributed by atoms with Crippen molar-refractivity contribution >= 4 is 40.1 Å². The van der Waals surface area contributed by atoms with E-state index in [-0.39, 0.29) is 5.91 Å². The third kappa shape index (κ3) is 3.06. The lowest BCUT2D eigenvalue weighted by Crippen LogP contribution is -2.49. The van der Waals surface area contributed by atoms with Crippen LogP contribution in [0.25, 0.3) is 5.78 Å². The van der Waals surface area contributed by atoms with E-state index in [0.717, 1.165) is 33.7 Å². The molecule has 4 rings (SSSR count). The lowest BCUT2D eigenvalue weighted by Gasteiger charge is -2.36. The van der Waals surface area contributed by atoms with Gasteiger partial charge in [0.25, 0.3) is 11.7 Å². The van der Waals surface area contributed by atoms with Crippen LogP contribution in [0.4, 0.5) is 5.82 Å². The van der Waals surface area contributed by atoms with E-state index in [1.165, 1.54) is 6.33 Å². The number of halogens is 1. The predicted octanol–water partition coefficient (Wildman–Crippen LogP) is 2.00. The van der Waals surface area contributed by atoms with Gasteiger partial charge in [-0.05, 0) is 41.6 Å². The Morgan fingerprint density at radius 1 is 1.16 bits per heavy atom. The van der Waals surface area contributed by atoms with Crippen molar-refractivity contribution in [2.45, 2.75) is 6.92 Å². The Kier molecular flexibility index (Phi) is 4.28. The first-order chi connectivity index (χ1) is 12.1. The van der Waals surface area contributed by atoms with Crippen LogP contribution in [0.15, 0.2) is 36.7 Å². The molecule has 0 unspecified atom stereocenters. The number of amides is 1. The Morgan fingerprint density at radius 3 is 2.68 bits per heavy atom. The number of piperazine rings is 1. The molecule has 0 spiro atoms. The molecule has 1 aliphatic rings. The maximum Gasteiger partial charge on any atom is 0.255 e. The molecule has 8 heteroatoms. The summed E-state index contributed by atoms with van der Waals surface area (Å²) in [5.41, 5.74) is 1.68. The molecule has 7 nitrogen and oxygen atoms in total. The fraction of sp³-hybridized carbons (Fsp3) is 0.294. The van der Waals surface area contributed by atoms with Crippen LogP contribution in [0.2, 0.25) is 0 Å². The highest BCUT2D eigenvalue weighted by Crippen LogP contribution is 2.20. The van der Waals surface area contributed by atoms with Crippen LogP contribution in [0.5, 0.6) is 0 Å². The molecule has 3 aromatic rings. The summed E-state index contributed by atoms with van der Waals surface area (Å²) in [6, 6.07) is 9.73. The van der Waals surface area contributed by atoms with Gasteiger partial charge in [0.1, 0.15) is 12.1 Å². The highest BCUT2D eigenvalue weighted by atomic mass is 127. The highest BCUT2D eigenvalue weighted by Gasteiger charge is 2.25. The normalized spacial score (nSPS) is 15.0. The number of aryl methyl sites for hydroxylation is 1. The number of anilines is 1. The molecule has 25 heavy (non-hydrogen) atoms. The van der Waals surface area contributed by atoms with Gasteiger partial charge in [0.15, 0.2) is 0 Å². The molecule has 0 bridgehead atoms. The number of carbonyl (C=O) groups excluding carboxylic acids is 1. The average molecular weight is 448 g/mol. The summed E-state index contributed by atoms with van der Waals surface area (Å²) in [5.74, 6) is 1.68. The first kappa shape index (κ1) is 16.2. The summed E-state index contributed by atoms with van der Waals surface area (Å²) in [7, 11) is 0. The SMILES string of the molecule is Cc1cc(N2CCN(C(=O)c3ccccc3I)CC2)n2ncnc2n1. The summed E-state index contributed by atoms with van der Waals surface area (Å²) in [6.07, 6.45) is 1.52. The van der Waals surface area contributed by atoms with E-state index in [2.05, 4.69) is 42.6 Å². The van der Waals surface area contributed by atoms with Crippen molar-refractivity contribution in [2.75, 3.05) is 31.1 Å². The maximum atomic E-state index is 12.8. The number of hydrogen-bond acceptors (Lipinski definition) is 5. The zero-order valence-electron chi connectivity index (χ0n) is 13.8. The second-order valence-corrected chi connectivity index (χ2v) is 7.15. The Balaban J connectivity index is 1.52. The largest absolute Gasteiger partial charge is 0.353 e. The number of nitrogens with zero attached hydrogens (tertiary/aromatic N) is 6. The van der Waals surface area contributed by atoms with Crippen molar-refractivity contribution in [1.82, 2.24) is 24.5 Å². The fourth-order valence-corrected chi connectivity index (χ4v) is 3.70. The van der Waals surface area contributed by atoms with Crippen LogP contribution in [-0.2, 0) is 0 Å². The topological polar surface area (TPSA) is 66.6 Å². The second-order valence-electron chi connectivity index (χ2n) is 5.99. The van der Waals surface area contributed by atoms with Crippen molar-refractivity contribution in [2.24, 2.45) is 0 Å². The van der Waals surface area contributed by atoms with Gasteiger partial charge in [-0.15, -0.1) is 0 Å². The van der Waals surface area contributed by atoms with Crippen molar-refractivity contribution in [3.05, 3.63) is 51.5 Å². The molecule has 1 amide bonds. The van der Waals surface area contributed by atoms with E-state index in [1.807, 2.05) is 42.2 Å². The number of benzene rings is 1. The number of rotatable bonds is 2. The molecule has 3 heterocycles. The summed E-state index contributed by atoms with van der Waals surface area (Å²) >= 11 is 2.21. The molecule has 0 radical (unpaired) electrons. The third-order valence-electron chi connectivity index (χ3n) is 4.36. The molecular weight excluding hydrogens is 431 g/mol. The number of carbonyl (C=O) groups is 1. The lowest BCUT2D eigenvalue weighted by atomic mass is 10.2. The fourth-order valence-electron chi connectivity index (χ4n) is 3.08. The van der Waals surface area contributed by atoms with Gasteiger partial charge < -0.3 is 9.80 Å². The van der Waals surface area contributed by atoms with Gasteiger partial charge in [0.05, 0.1) is 5.56 Å². The van der Waals surface area contributed by atoms with Crippen LogP contribution < -0.4 is 4.90 Å². The standard InChI is InChI=1S/C17H17IN6O/c1-12-10-15(24-17(21-12)19-11-20-24)22-6-8-23(9-7-22)16(25)13-4-2-3-5-14(13)18/h2-5,10-11H,6-9H2,1H3. The van der Waals surface area contributed by atoms with Gasteiger partial charge in [-0.3, -0.25) is 4.79 Å². The molecular formula is C17H17IN6O. The zero-order chi connectivity index (χ0) is 17.4. The first-order valence-corrected chi connectivity index (χ1v) is 9.17. The molecule has 0 N–H and O–H groups in total. The molecule has 128 valence electrons. The third-order valence-corrected chi connectivity index (χ3v) is 5.30. The van der Waals surface area contributed by atoms with E-state index in [4.69, 9.17) is 0 Å². The molecule has 1 aromatic carbocycles. The minimum atomic E-state index is 0.0986. The van der Waals surface area contributed by atoms with Crippen molar-refractivity contribution in [1.29, 1.82) is 0 Å². The Labute approximate surface area is 158 Å². The predicted molar refractivity (Wildman–Crippen MR) is 103 cm³/mol. The monoisotopic (exact) mass is 448 g/mol. The highest BCUT2D eigenvalue weighted by molar-refractivity contribution is 14.1. The van der Waals surface area contributed by atoms with Gasteiger partial charge in [-0.25, -0.2) is 4.98 Å².